The van der Waals surface area contributed by atoms with E-state index in [1.54, 1.807) is 18.2 Å². The van der Waals surface area contributed by atoms with Gasteiger partial charge in [0.2, 0.25) is 0 Å². The molecular weight excluding hydrogens is 628 g/mol. The molecule has 0 saturated carbocycles. The predicted molar refractivity (Wildman–Crippen MR) is 161 cm³/mol. The number of carbonyl (C=O) groups excluding carboxylic acids is 2. The summed E-state index contributed by atoms with van der Waals surface area (Å²) >= 11 is 0. The van der Waals surface area contributed by atoms with Crippen LogP contribution in [-0.4, -0.2) is 99.6 Å². The van der Waals surface area contributed by atoms with E-state index in [2.05, 4.69) is 29.9 Å². The first-order chi connectivity index (χ1) is 22.4. The SMILES string of the molecule is CN1CCC(N2C(=O)c3cc4nc(-c5c(NCC(O)COc6cccc(OC(F)(F)C(F)F)c6)cc[nH]c5=O)[nH]c4cc3C2=O)CC1. The monoisotopic (exact) mass is 658 g/mol. The maximum Gasteiger partial charge on any atom is 0.461 e. The lowest BCUT2D eigenvalue weighted by molar-refractivity contribution is -0.253. The van der Waals surface area contributed by atoms with Crippen molar-refractivity contribution in [3.05, 3.63) is 70.1 Å². The fourth-order valence-electron chi connectivity index (χ4n) is 5.63. The van der Waals surface area contributed by atoms with Crippen LogP contribution in [0.3, 0.4) is 0 Å². The third kappa shape index (κ3) is 6.51. The van der Waals surface area contributed by atoms with Crippen LogP contribution in [-0.2, 0) is 0 Å². The van der Waals surface area contributed by atoms with E-state index < -0.39 is 29.9 Å². The van der Waals surface area contributed by atoms with Crippen LogP contribution in [0.15, 0.2) is 53.5 Å². The van der Waals surface area contributed by atoms with Crippen molar-refractivity contribution in [3.63, 3.8) is 0 Å². The number of aromatic nitrogens is 3. The number of imidazole rings is 1. The number of imide groups is 1. The van der Waals surface area contributed by atoms with Crippen LogP contribution in [0.4, 0.5) is 23.2 Å². The van der Waals surface area contributed by atoms with Crippen LogP contribution in [0.2, 0.25) is 0 Å². The van der Waals surface area contributed by atoms with E-state index in [4.69, 9.17) is 4.74 Å². The summed E-state index contributed by atoms with van der Waals surface area (Å²) in [4.78, 5) is 53.2. The number of hydrogen-bond acceptors (Lipinski definition) is 9. The fourth-order valence-corrected chi connectivity index (χ4v) is 5.63. The van der Waals surface area contributed by atoms with Gasteiger partial charge in [-0.2, -0.15) is 17.6 Å². The number of fused-ring (bicyclic) bond motifs is 2. The number of pyridine rings is 1. The van der Waals surface area contributed by atoms with Crippen LogP contribution in [0.25, 0.3) is 22.4 Å². The third-order valence-corrected chi connectivity index (χ3v) is 8.05. The largest absolute Gasteiger partial charge is 0.491 e. The number of benzene rings is 2. The minimum absolute atomic E-state index is 0.0101. The zero-order valence-electron chi connectivity index (χ0n) is 24.9. The predicted octanol–water partition coefficient (Wildman–Crippen LogP) is 3.70. The Morgan fingerprint density at radius 1 is 1.06 bits per heavy atom. The second-order valence-corrected chi connectivity index (χ2v) is 11.4. The summed E-state index contributed by atoms with van der Waals surface area (Å²) < 4.78 is 60.8. The Labute approximate surface area is 264 Å². The topological polar surface area (TPSA) is 153 Å². The number of carbonyl (C=O) groups is 2. The maximum atomic E-state index is 13.3. The third-order valence-electron chi connectivity index (χ3n) is 8.05. The molecule has 6 rings (SSSR count). The highest BCUT2D eigenvalue weighted by atomic mass is 19.3. The van der Waals surface area contributed by atoms with Gasteiger partial charge in [-0.05, 0) is 63.3 Å². The van der Waals surface area contributed by atoms with Crippen LogP contribution in [0.1, 0.15) is 33.6 Å². The van der Waals surface area contributed by atoms with Crippen LogP contribution in [0, 0.1) is 0 Å². The lowest BCUT2D eigenvalue weighted by atomic mass is 10.0. The Bertz CT molecular complexity index is 1820. The molecule has 0 aliphatic carbocycles. The highest BCUT2D eigenvalue weighted by Gasteiger charge is 2.44. The van der Waals surface area contributed by atoms with Crippen molar-refractivity contribution in [2.24, 2.45) is 0 Å². The molecule has 47 heavy (non-hydrogen) atoms. The number of ether oxygens (including phenoxy) is 2. The average Bonchev–Trinajstić information content (AvgIpc) is 3.55. The smallest absolute Gasteiger partial charge is 0.461 e. The van der Waals surface area contributed by atoms with Gasteiger partial charge in [-0.25, -0.2) is 4.98 Å². The molecule has 0 spiro atoms. The number of H-pyrrole nitrogens is 2. The first kappa shape index (κ1) is 32.0. The summed E-state index contributed by atoms with van der Waals surface area (Å²) in [5, 5.41) is 13.5. The number of hydrogen-bond donors (Lipinski definition) is 4. The molecule has 12 nitrogen and oxygen atoms in total. The molecule has 2 aromatic heterocycles. The van der Waals surface area contributed by atoms with Crippen LogP contribution >= 0.6 is 0 Å². The second kappa shape index (κ2) is 12.7. The number of aliphatic hydroxyl groups excluding tert-OH is 1. The second-order valence-electron chi connectivity index (χ2n) is 11.4. The van der Waals surface area contributed by atoms with Crippen molar-refractivity contribution < 1.29 is 41.7 Å². The van der Waals surface area contributed by atoms with Crippen molar-refractivity contribution in [1.29, 1.82) is 0 Å². The summed E-state index contributed by atoms with van der Waals surface area (Å²) in [5.41, 5.74) is 1.24. The lowest BCUT2D eigenvalue weighted by Gasteiger charge is -2.33. The van der Waals surface area contributed by atoms with Crippen molar-refractivity contribution in [1.82, 2.24) is 24.8 Å². The summed E-state index contributed by atoms with van der Waals surface area (Å²) in [6.07, 6.45) is -7.09. The molecule has 2 aliphatic rings. The minimum atomic E-state index is -4.68. The summed E-state index contributed by atoms with van der Waals surface area (Å²) in [7, 11) is 2.00. The normalized spacial score (nSPS) is 16.6. The van der Waals surface area contributed by atoms with E-state index in [0.717, 1.165) is 25.2 Å². The molecule has 1 saturated heterocycles. The number of likely N-dealkylation sites (tertiary alicyclic amines) is 1. The Kier molecular flexibility index (Phi) is 8.63. The molecule has 2 aliphatic heterocycles. The number of nitrogens with zero attached hydrogens (tertiary/aromatic N) is 3. The Hall–Kier alpha value is -4.96. The molecular formula is C31H30F4N6O6. The van der Waals surface area contributed by atoms with Crippen molar-refractivity contribution in [2.45, 2.75) is 37.5 Å². The number of amides is 2. The average molecular weight is 659 g/mol. The fraction of sp³-hybridized carbons (Fsp3) is 0.355. The number of anilines is 1. The molecule has 0 bridgehead atoms. The summed E-state index contributed by atoms with van der Waals surface area (Å²) in [6.45, 7) is 1.12. The Balaban J connectivity index is 1.14. The number of piperidine rings is 1. The first-order valence-corrected chi connectivity index (χ1v) is 14.7. The Morgan fingerprint density at radius 3 is 2.49 bits per heavy atom. The van der Waals surface area contributed by atoms with Gasteiger partial charge in [0.1, 0.15) is 35.6 Å². The standard InChI is InChI=1S/C31H30F4N6O6/c1-40-9-6-16(7-10-40)41-28(44)20-12-23-24(13-21(20)29(41)45)39-26(38-23)25-22(5-8-36-27(25)43)37-14-17(42)15-46-18-3-2-4-19(11-18)47-31(34,35)30(32)33/h2-5,8,11-13,16-17,30,42H,6-7,9-10,14-15H2,1H3,(H,38,39)(H2,36,37,43). The number of alkyl halides is 4. The molecule has 4 heterocycles. The molecule has 1 unspecified atom stereocenters. The Morgan fingerprint density at radius 2 is 1.77 bits per heavy atom. The van der Waals surface area contributed by atoms with E-state index in [0.29, 0.717) is 29.6 Å². The van der Waals surface area contributed by atoms with Gasteiger partial charge >= 0.3 is 12.5 Å². The first-order valence-electron chi connectivity index (χ1n) is 14.7. The quantitative estimate of drug-likeness (QED) is 0.140. The van der Waals surface area contributed by atoms with Gasteiger partial charge in [-0.15, -0.1) is 0 Å². The van der Waals surface area contributed by atoms with Gasteiger partial charge in [-0.3, -0.25) is 19.3 Å². The zero-order chi connectivity index (χ0) is 33.5. The molecule has 1 atom stereocenters. The molecule has 16 heteroatoms. The van der Waals surface area contributed by atoms with Crippen LogP contribution < -0.4 is 20.3 Å². The summed E-state index contributed by atoms with van der Waals surface area (Å²) in [5.74, 6) is -1.13. The molecule has 4 N–H and O–H groups in total. The van der Waals surface area contributed by atoms with Gasteiger partial charge in [0.25, 0.3) is 17.4 Å². The van der Waals surface area contributed by atoms with E-state index in [9.17, 15) is 37.1 Å². The van der Waals surface area contributed by atoms with E-state index in [-0.39, 0.29) is 59.3 Å². The van der Waals surface area contributed by atoms with Crippen LogP contribution in [0.5, 0.6) is 11.5 Å². The lowest BCUT2D eigenvalue weighted by Crippen LogP contribution is -2.46. The number of halogens is 4. The van der Waals surface area contributed by atoms with Gasteiger partial charge in [0, 0.05) is 24.8 Å². The molecule has 0 radical (unpaired) electrons. The molecule has 2 amide bonds. The number of rotatable bonds is 11. The summed E-state index contributed by atoms with van der Waals surface area (Å²) in [6, 6.07) is 9.15. The van der Waals surface area contributed by atoms with Gasteiger partial charge in [0.05, 0.1) is 27.8 Å². The minimum Gasteiger partial charge on any atom is -0.491 e. The van der Waals surface area contributed by atoms with Crippen molar-refractivity contribution >= 4 is 28.5 Å². The van der Waals surface area contributed by atoms with Crippen molar-refractivity contribution in [2.75, 3.05) is 38.6 Å². The van der Waals surface area contributed by atoms with Gasteiger partial charge in [-0.1, -0.05) is 6.07 Å². The number of aromatic amines is 2. The van der Waals surface area contributed by atoms with Crippen molar-refractivity contribution in [3.8, 4) is 22.9 Å². The number of aliphatic hydroxyl groups is 1. The van der Waals surface area contributed by atoms with Gasteiger partial charge < -0.3 is 34.8 Å². The molecule has 4 aromatic rings. The van der Waals surface area contributed by atoms with E-state index in [1.165, 1.54) is 23.2 Å². The number of nitrogens with one attached hydrogen (secondary N) is 3. The highest BCUT2D eigenvalue weighted by molar-refractivity contribution is 6.23. The van der Waals surface area contributed by atoms with E-state index in [1.807, 2.05) is 7.05 Å². The maximum absolute atomic E-state index is 13.3. The molecule has 1 fully saturated rings. The zero-order valence-corrected chi connectivity index (χ0v) is 24.9. The van der Waals surface area contributed by atoms with Gasteiger partial charge in [0.15, 0.2) is 0 Å². The van der Waals surface area contributed by atoms with E-state index >= 15 is 0 Å². The highest BCUT2D eigenvalue weighted by Crippen LogP contribution is 2.33. The molecule has 2 aromatic carbocycles. The molecule has 248 valence electrons.